The number of halogens is 1. The molecule has 0 spiro atoms. The Balaban J connectivity index is 1.39. The summed E-state index contributed by atoms with van der Waals surface area (Å²) in [6.45, 7) is 2.55. The average molecular weight is 559 g/mol. The molecule has 34 heavy (non-hydrogen) atoms. The largest absolute Gasteiger partial charge is 0.354 e. The number of fused-ring (bicyclic) bond motifs is 1. The van der Waals surface area contributed by atoms with Crippen molar-refractivity contribution >= 4 is 39.2 Å². The highest BCUT2D eigenvalue weighted by Gasteiger charge is 2.16. The molecule has 170 valence electrons. The van der Waals surface area contributed by atoms with Crippen molar-refractivity contribution in [3.05, 3.63) is 119 Å². The summed E-state index contributed by atoms with van der Waals surface area (Å²) in [5, 5.41) is 6.93. The fraction of sp³-hybridized carbons (Fsp3) is 0.138. The molecule has 1 aromatic heterocycles. The number of hydrogen-bond donors (Lipinski definition) is 0. The topological polar surface area (TPSA) is 32.5 Å². The van der Waals surface area contributed by atoms with Crippen LogP contribution in [0.3, 0.4) is 0 Å². The Hall–Kier alpha value is -3.32. The van der Waals surface area contributed by atoms with Crippen LogP contribution in [0.5, 0.6) is 0 Å². The lowest BCUT2D eigenvalue weighted by molar-refractivity contribution is 0.411. The monoisotopic (exact) mass is 559 g/mol. The molecule has 0 fully saturated rings. The lowest BCUT2D eigenvalue weighted by Crippen LogP contribution is -2.26. The van der Waals surface area contributed by atoms with Gasteiger partial charge >= 0.3 is 0 Å². The average Bonchev–Trinajstić information content (AvgIpc) is 3.21. The van der Waals surface area contributed by atoms with Crippen molar-refractivity contribution in [1.82, 2.24) is 10.1 Å². The van der Waals surface area contributed by atoms with Crippen LogP contribution in [0.25, 0.3) is 22.0 Å². The first-order valence-corrected chi connectivity index (χ1v) is 12.6. The number of anilines is 1. The van der Waals surface area contributed by atoms with Crippen molar-refractivity contribution in [3.63, 3.8) is 0 Å². The van der Waals surface area contributed by atoms with Gasteiger partial charge in [0.15, 0.2) is 0 Å². The molecule has 0 saturated carbocycles. The number of rotatable bonds is 8. The van der Waals surface area contributed by atoms with E-state index in [0.717, 1.165) is 43.2 Å². The predicted octanol–water partition coefficient (Wildman–Crippen LogP) is 7.40. The summed E-state index contributed by atoms with van der Waals surface area (Å²) in [6, 6.07) is 25.5. The van der Waals surface area contributed by atoms with Gasteiger partial charge in [0, 0.05) is 47.2 Å². The molecule has 5 rings (SSSR count). The van der Waals surface area contributed by atoms with E-state index in [1.807, 2.05) is 12.2 Å². The maximum Gasteiger partial charge on any atom is 0.228 e. The van der Waals surface area contributed by atoms with Crippen molar-refractivity contribution < 1.29 is 4.52 Å². The van der Waals surface area contributed by atoms with Crippen molar-refractivity contribution in [2.24, 2.45) is 0 Å². The molecule has 2 heterocycles. The molecule has 1 aliphatic rings. The van der Waals surface area contributed by atoms with E-state index in [1.54, 1.807) is 0 Å². The molecule has 0 atom stereocenters. The van der Waals surface area contributed by atoms with Gasteiger partial charge in [-0.3, -0.25) is 0 Å². The number of benzene rings is 3. The number of allylic oxidation sites excluding steroid dienone is 4. The van der Waals surface area contributed by atoms with Crippen LogP contribution in [-0.4, -0.2) is 23.1 Å². The first kappa shape index (κ1) is 22.5. The Labute approximate surface area is 214 Å². The van der Waals surface area contributed by atoms with E-state index >= 15 is 0 Å². The van der Waals surface area contributed by atoms with Gasteiger partial charge in [-0.1, -0.05) is 71.9 Å². The van der Waals surface area contributed by atoms with Crippen molar-refractivity contribution in [2.45, 2.75) is 13.0 Å². The minimum Gasteiger partial charge on any atom is -0.354 e. The predicted molar refractivity (Wildman–Crippen MR) is 148 cm³/mol. The quantitative estimate of drug-likeness (QED) is 0.211. The van der Waals surface area contributed by atoms with Crippen LogP contribution in [0.1, 0.15) is 12.0 Å². The maximum atomic E-state index is 5.89. The summed E-state index contributed by atoms with van der Waals surface area (Å²) < 4.78 is 7.07. The highest BCUT2D eigenvalue weighted by Crippen LogP contribution is 2.28. The Bertz CT molecular complexity index is 1330. The summed E-state index contributed by atoms with van der Waals surface area (Å²) in [6.07, 6.45) is 13.4. The van der Waals surface area contributed by atoms with Crippen molar-refractivity contribution in [2.75, 3.05) is 18.0 Å². The Morgan fingerprint density at radius 2 is 1.65 bits per heavy atom. The van der Waals surface area contributed by atoms with Gasteiger partial charge in [0.2, 0.25) is 5.88 Å². The molecule has 0 unspecified atom stereocenters. The van der Waals surface area contributed by atoms with Gasteiger partial charge in [0.25, 0.3) is 0 Å². The third-order valence-corrected chi connectivity index (χ3v) is 6.57. The summed E-state index contributed by atoms with van der Waals surface area (Å²) in [5.74, 6) is 0.797. The normalized spacial score (nSPS) is 12.9. The van der Waals surface area contributed by atoms with Gasteiger partial charge in [-0.2, -0.15) is 0 Å². The zero-order chi connectivity index (χ0) is 23.2. The molecule has 0 aliphatic carbocycles. The standard InChI is InChI=1S/C29H26IN3O/c30-26-14-8-12-24(20-26)28-21-29(34-31-28)33(19-9-18-32-16-5-1-2-6-17-32)22-25-13-7-11-23-10-3-4-15-27(23)25/h1-8,10-17,20-21H,9,18-19,22H2. The molecule has 0 bridgehead atoms. The Kier molecular flexibility index (Phi) is 7.10. The van der Waals surface area contributed by atoms with Gasteiger partial charge < -0.3 is 14.3 Å². The highest BCUT2D eigenvalue weighted by atomic mass is 127. The number of nitrogens with zero attached hydrogens (tertiary/aromatic N) is 3. The fourth-order valence-electron chi connectivity index (χ4n) is 4.19. The fourth-order valence-corrected chi connectivity index (χ4v) is 4.74. The molecule has 3 aromatic carbocycles. The van der Waals surface area contributed by atoms with Crippen LogP contribution >= 0.6 is 22.6 Å². The lowest BCUT2D eigenvalue weighted by atomic mass is 10.0. The van der Waals surface area contributed by atoms with Gasteiger partial charge in [0.1, 0.15) is 5.69 Å². The first-order chi connectivity index (χ1) is 16.8. The van der Waals surface area contributed by atoms with Crippen LogP contribution in [0.4, 0.5) is 5.88 Å². The van der Waals surface area contributed by atoms with Crippen LogP contribution < -0.4 is 4.90 Å². The molecule has 0 saturated heterocycles. The second-order valence-corrected chi connectivity index (χ2v) is 9.53. The zero-order valence-electron chi connectivity index (χ0n) is 18.8. The lowest BCUT2D eigenvalue weighted by Gasteiger charge is -2.24. The summed E-state index contributed by atoms with van der Waals surface area (Å²) in [4.78, 5) is 4.52. The number of hydrogen-bond acceptors (Lipinski definition) is 4. The van der Waals surface area contributed by atoms with Crippen LogP contribution in [0.2, 0.25) is 0 Å². The molecule has 5 heteroatoms. The third kappa shape index (κ3) is 5.42. The molecule has 0 radical (unpaired) electrons. The maximum absolute atomic E-state index is 5.89. The van der Waals surface area contributed by atoms with Crippen LogP contribution in [0.15, 0.2) is 114 Å². The SMILES string of the molecule is Ic1cccc(-c2cc(N(CCCN3C=CC=CC=C3)Cc3cccc4ccccc34)on2)c1. The van der Waals surface area contributed by atoms with Crippen molar-refractivity contribution in [1.29, 1.82) is 0 Å². The second-order valence-electron chi connectivity index (χ2n) is 8.28. The highest BCUT2D eigenvalue weighted by molar-refractivity contribution is 14.1. The minimum atomic E-state index is 0.759. The minimum absolute atomic E-state index is 0.759. The Morgan fingerprint density at radius 1 is 0.853 bits per heavy atom. The van der Waals surface area contributed by atoms with E-state index in [1.165, 1.54) is 19.9 Å². The van der Waals surface area contributed by atoms with E-state index in [0.29, 0.717) is 0 Å². The van der Waals surface area contributed by atoms with Crippen LogP contribution in [-0.2, 0) is 6.54 Å². The zero-order valence-corrected chi connectivity index (χ0v) is 21.0. The van der Waals surface area contributed by atoms with E-state index in [2.05, 4.69) is 135 Å². The Morgan fingerprint density at radius 3 is 2.50 bits per heavy atom. The molecule has 4 aromatic rings. The molecule has 4 nitrogen and oxygen atoms in total. The summed E-state index contributed by atoms with van der Waals surface area (Å²) >= 11 is 2.33. The van der Waals surface area contributed by atoms with Gasteiger partial charge in [-0.25, -0.2) is 0 Å². The van der Waals surface area contributed by atoms with Gasteiger partial charge in [-0.15, -0.1) is 0 Å². The smallest absolute Gasteiger partial charge is 0.228 e. The molecule has 1 aliphatic heterocycles. The van der Waals surface area contributed by atoms with Crippen molar-refractivity contribution in [3.8, 4) is 11.3 Å². The molecular weight excluding hydrogens is 533 g/mol. The van der Waals surface area contributed by atoms with E-state index in [-0.39, 0.29) is 0 Å². The summed E-state index contributed by atoms with van der Waals surface area (Å²) in [7, 11) is 0. The first-order valence-electron chi connectivity index (χ1n) is 11.5. The number of aromatic nitrogens is 1. The summed E-state index contributed by atoms with van der Waals surface area (Å²) in [5.41, 5.74) is 3.21. The second kappa shape index (κ2) is 10.7. The molecule has 0 N–H and O–H groups in total. The van der Waals surface area contributed by atoms with Crippen LogP contribution in [0, 0.1) is 3.57 Å². The third-order valence-electron chi connectivity index (χ3n) is 5.90. The van der Waals surface area contributed by atoms with E-state index < -0.39 is 0 Å². The van der Waals surface area contributed by atoms with Gasteiger partial charge in [-0.05, 0) is 69.6 Å². The molecule has 0 amide bonds. The van der Waals surface area contributed by atoms with E-state index in [9.17, 15) is 0 Å². The molecular formula is C29H26IN3O. The van der Waals surface area contributed by atoms with E-state index in [4.69, 9.17) is 4.52 Å². The van der Waals surface area contributed by atoms with Gasteiger partial charge in [0.05, 0.1) is 0 Å².